The van der Waals surface area contributed by atoms with E-state index < -0.39 is 0 Å². The molecule has 0 aliphatic carbocycles. The van der Waals surface area contributed by atoms with Crippen LogP contribution in [0, 0.1) is 6.92 Å². The first kappa shape index (κ1) is 19.0. The minimum absolute atomic E-state index is 0.0970. The maximum absolute atomic E-state index is 6.46. The lowest BCUT2D eigenvalue weighted by atomic mass is 9.98. The van der Waals surface area contributed by atoms with E-state index in [1.165, 1.54) is 0 Å². The predicted molar refractivity (Wildman–Crippen MR) is 113 cm³/mol. The van der Waals surface area contributed by atoms with Crippen LogP contribution in [0.4, 0.5) is 5.69 Å². The number of aliphatic imine (C=N–C) groups is 1. The van der Waals surface area contributed by atoms with E-state index in [1.54, 1.807) is 0 Å². The molecule has 0 aromatic heterocycles. The lowest BCUT2D eigenvalue weighted by Gasteiger charge is -2.31. The summed E-state index contributed by atoms with van der Waals surface area (Å²) < 4.78 is 1.04. The van der Waals surface area contributed by atoms with Crippen molar-refractivity contribution in [2.45, 2.75) is 13.0 Å². The highest BCUT2D eigenvalue weighted by molar-refractivity contribution is 9.10. The third-order valence-corrected chi connectivity index (χ3v) is 6.08. The van der Waals surface area contributed by atoms with Gasteiger partial charge in [0.15, 0.2) is 0 Å². The van der Waals surface area contributed by atoms with Crippen LogP contribution in [0.5, 0.6) is 0 Å². The number of nitrogens with zero attached hydrogens (tertiary/aromatic N) is 2. The summed E-state index contributed by atoms with van der Waals surface area (Å²) in [5.74, 6) is 1.02. The monoisotopic (exact) mass is 458 g/mol. The molecule has 0 amide bonds. The number of alkyl halides is 2. The van der Waals surface area contributed by atoms with Crippen LogP contribution in [0.3, 0.4) is 0 Å². The Morgan fingerprint density at radius 3 is 2.64 bits per heavy atom. The number of benzodiazepines with no additional fused rings is 1. The van der Waals surface area contributed by atoms with E-state index in [-0.39, 0.29) is 6.04 Å². The van der Waals surface area contributed by atoms with Gasteiger partial charge in [-0.25, -0.2) is 0 Å². The Kier molecular flexibility index (Phi) is 6.32. The number of rotatable bonds is 4. The Bertz CT molecular complexity index is 807. The van der Waals surface area contributed by atoms with Crippen molar-refractivity contribution in [3.63, 3.8) is 0 Å². The standard InChI is InChI=1S/C19H18BrCl3N2/c1-12-8-18-15(9-16(12)20)19(14-4-2-3-5-17(14)23)24-11-13(10-22)25(18)7-6-21/h2-5,8-9,13H,6-7,10-11H2,1H3. The summed E-state index contributed by atoms with van der Waals surface area (Å²) in [6.45, 7) is 3.40. The summed E-state index contributed by atoms with van der Waals surface area (Å²) in [5, 5.41) is 0.692. The first-order chi connectivity index (χ1) is 12.1. The van der Waals surface area contributed by atoms with Crippen molar-refractivity contribution in [3.8, 4) is 0 Å². The average molecular weight is 461 g/mol. The second kappa shape index (κ2) is 8.30. The molecule has 2 nitrogen and oxygen atoms in total. The third-order valence-electron chi connectivity index (χ3n) is 4.37. The first-order valence-corrected chi connectivity index (χ1v) is 10.3. The van der Waals surface area contributed by atoms with Crippen LogP contribution in [0.1, 0.15) is 16.7 Å². The Morgan fingerprint density at radius 2 is 1.96 bits per heavy atom. The second-order valence-electron chi connectivity index (χ2n) is 5.98. The normalized spacial score (nSPS) is 17.1. The second-order valence-corrected chi connectivity index (χ2v) is 7.93. The summed E-state index contributed by atoms with van der Waals surface area (Å²) in [6, 6.07) is 12.2. The molecule has 1 heterocycles. The number of fused-ring (bicyclic) bond motifs is 1. The lowest BCUT2D eigenvalue weighted by Crippen LogP contribution is -2.40. The molecular weight excluding hydrogens is 442 g/mol. The van der Waals surface area contributed by atoms with Crippen molar-refractivity contribution in [1.29, 1.82) is 0 Å². The van der Waals surface area contributed by atoms with E-state index in [9.17, 15) is 0 Å². The fraction of sp³-hybridized carbons (Fsp3) is 0.316. The minimum atomic E-state index is 0.0970. The molecule has 0 saturated carbocycles. The van der Waals surface area contributed by atoms with Gasteiger partial charge < -0.3 is 4.90 Å². The van der Waals surface area contributed by atoms with Crippen LogP contribution in [0.15, 0.2) is 45.9 Å². The molecule has 0 spiro atoms. The van der Waals surface area contributed by atoms with Crippen LogP contribution < -0.4 is 4.90 Å². The zero-order valence-corrected chi connectivity index (χ0v) is 17.6. The molecule has 2 aromatic rings. The summed E-state index contributed by atoms with van der Waals surface area (Å²) >= 11 is 22.4. The fourth-order valence-electron chi connectivity index (χ4n) is 3.08. The molecule has 25 heavy (non-hydrogen) atoms. The number of anilines is 1. The summed E-state index contributed by atoms with van der Waals surface area (Å²) in [7, 11) is 0. The highest BCUT2D eigenvalue weighted by atomic mass is 79.9. The summed E-state index contributed by atoms with van der Waals surface area (Å²) in [5.41, 5.74) is 5.13. The van der Waals surface area contributed by atoms with Crippen LogP contribution in [-0.2, 0) is 0 Å². The van der Waals surface area contributed by atoms with Crippen molar-refractivity contribution in [3.05, 3.63) is 62.6 Å². The van der Waals surface area contributed by atoms with Gasteiger partial charge in [-0.15, -0.1) is 23.2 Å². The summed E-state index contributed by atoms with van der Waals surface area (Å²) in [4.78, 5) is 7.16. The van der Waals surface area contributed by atoms with Gasteiger partial charge in [0.1, 0.15) is 0 Å². The van der Waals surface area contributed by atoms with E-state index >= 15 is 0 Å². The molecule has 0 fully saturated rings. The van der Waals surface area contributed by atoms with Crippen molar-refractivity contribution < 1.29 is 0 Å². The van der Waals surface area contributed by atoms with Gasteiger partial charge in [-0.2, -0.15) is 0 Å². The van der Waals surface area contributed by atoms with E-state index in [4.69, 9.17) is 39.8 Å². The van der Waals surface area contributed by atoms with Crippen molar-refractivity contribution in [2.24, 2.45) is 4.99 Å². The lowest BCUT2D eigenvalue weighted by molar-refractivity contribution is 0.670. The number of benzene rings is 2. The minimum Gasteiger partial charge on any atom is -0.364 e. The highest BCUT2D eigenvalue weighted by Crippen LogP contribution is 2.34. The first-order valence-electron chi connectivity index (χ1n) is 8.05. The number of hydrogen-bond acceptors (Lipinski definition) is 2. The van der Waals surface area contributed by atoms with E-state index in [0.29, 0.717) is 23.3 Å². The molecule has 1 aliphatic rings. The topological polar surface area (TPSA) is 15.6 Å². The van der Waals surface area contributed by atoms with Gasteiger partial charge in [0.05, 0.1) is 18.3 Å². The van der Waals surface area contributed by atoms with Crippen LogP contribution >= 0.6 is 50.7 Å². The SMILES string of the molecule is Cc1cc2c(cc1Br)C(c1ccccc1Cl)=NCC(CCl)N2CCCl. The molecule has 0 N–H and O–H groups in total. The maximum Gasteiger partial charge on any atom is 0.0756 e. The number of aryl methyl sites for hydroxylation is 1. The van der Waals surface area contributed by atoms with Gasteiger partial charge in [-0.05, 0) is 30.7 Å². The molecular formula is C19H18BrCl3N2. The van der Waals surface area contributed by atoms with E-state index in [1.807, 2.05) is 24.3 Å². The van der Waals surface area contributed by atoms with E-state index in [0.717, 1.165) is 39.1 Å². The Labute approximate surface area is 171 Å². The van der Waals surface area contributed by atoms with Crippen molar-refractivity contribution >= 4 is 62.1 Å². The molecule has 0 radical (unpaired) electrons. The zero-order valence-electron chi connectivity index (χ0n) is 13.8. The van der Waals surface area contributed by atoms with Gasteiger partial charge in [-0.3, -0.25) is 4.99 Å². The number of hydrogen-bond donors (Lipinski definition) is 0. The van der Waals surface area contributed by atoms with E-state index in [2.05, 4.69) is 39.9 Å². The van der Waals surface area contributed by atoms with Gasteiger partial charge in [0.2, 0.25) is 0 Å². The third kappa shape index (κ3) is 3.85. The van der Waals surface area contributed by atoms with Gasteiger partial charge in [-0.1, -0.05) is 45.7 Å². The molecule has 1 unspecified atom stereocenters. The van der Waals surface area contributed by atoms with Gasteiger partial charge in [0.25, 0.3) is 0 Å². The average Bonchev–Trinajstić information content (AvgIpc) is 2.74. The quantitative estimate of drug-likeness (QED) is 0.518. The van der Waals surface area contributed by atoms with Crippen molar-refractivity contribution in [2.75, 3.05) is 29.7 Å². The van der Waals surface area contributed by atoms with Crippen LogP contribution in [0.2, 0.25) is 5.02 Å². The Hall–Kier alpha value is -0.740. The Morgan fingerprint density at radius 1 is 1.20 bits per heavy atom. The summed E-state index contributed by atoms with van der Waals surface area (Å²) in [6.07, 6.45) is 0. The largest absolute Gasteiger partial charge is 0.364 e. The molecule has 0 saturated heterocycles. The van der Waals surface area contributed by atoms with Crippen LogP contribution in [-0.4, -0.2) is 36.6 Å². The van der Waals surface area contributed by atoms with Crippen LogP contribution in [0.25, 0.3) is 0 Å². The molecule has 1 aliphatic heterocycles. The zero-order chi connectivity index (χ0) is 18.0. The highest BCUT2D eigenvalue weighted by Gasteiger charge is 2.27. The molecule has 132 valence electrons. The number of halogens is 4. The van der Waals surface area contributed by atoms with Gasteiger partial charge in [0, 0.05) is 44.6 Å². The van der Waals surface area contributed by atoms with Gasteiger partial charge >= 0.3 is 0 Å². The molecule has 2 aromatic carbocycles. The molecule has 1 atom stereocenters. The molecule has 0 bridgehead atoms. The Balaban J connectivity index is 2.24. The molecule has 3 rings (SSSR count). The fourth-order valence-corrected chi connectivity index (χ4v) is 4.10. The predicted octanol–water partition coefficient (Wildman–Crippen LogP) is 5.91. The maximum atomic E-state index is 6.46. The molecule has 6 heteroatoms. The smallest absolute Gasteiger partial charge is 0.0756 e. The van der Waals surface area contributed by atoms with Crippen molar-refractivity contribution in [1.82, 2.24) is 0 Å².